The van der Waals surface area contributed by atoms with Crippen LogP contribution in [0.2, 0.25) is 0 Å². The quantitative estimate of drug-likeness (QED) is 0.551. The number of unbranched alkanes of at least 4 members (excludes halogenated alkanes) is 5. The maximum atomic E-state index is 8.78. The zero-order valence-corrected chi connectivity index (χ0v) is 11.4. The van der Waals surface area contributed by atoms with Crippen LogP contribution in [0.1, 0.15) is 45.4 Å². The Kier molecular flexibility index (Phi) is 10.8. The van der Waals surface area contributed by atoms with Gasteiger partial charge in [-0.15, -0.1) is 0 Å². The molecule has 0 heterocycles. The second-order valence-corrected chi connectivity index (χ2v) is 7.57. The molecule has 0 rings (SSSR count). The van der Waals surface area contributed by atoms with Crippen LogP contribution in [-0.4, -0.2) is 28.7 Å². The molecule has 0 saturated heterocycles. The summed E-state index contributed by atoms with van der Waals surface area (Å²) in [6.07, 6.45) is 7.52. The molecule has 0 bridgehead atoms. The second-order valence-electron chi connectivity index (χ2n) is 2.88. The summed E-state index contributed by atoms with van der Waals surface area (Å²) in [5, 5.41) is 0. The molecule has 0 aromatic heterocycles. The summed E-state index contributed by atoms with van der Waals surface area (Å²) < 4.78 is 13.8. The average Bonchev–Trinajstić information content (AvgIpc) is 2.02. The SMILES string of the molecule is CCCCCCCC[O][Sn]([OH])=[S]. The first-order chi connectivity index (χ1) is 5.77. The van der Waals surface area contributed by atoms with E-state index in [0.29, 0.717) is 6.61 Å². The molecule has 0 saturated carbocycles. The van der Waals surface area contributed by atoms with Crippen molar-refractivity contribution in [1.29, 1.82) is 0 Å². The van der Waals surface area contributed by atoms with Crippen LogP contribution in [0.15, 0.2) is 0 Å². The zero-order valence-electron chi connectivity index (χ0n) is 7.71. The van der Waals surface area contributed by atoms with Crippen LogP contribution >= 0.6 is 9.29 Å². The van der Waals surface area contributed by atoms with Crippen LogP contribution in [0.25, 0.3) is 0 Å². The number of hydrogen-bond acceptors (Lipinski definition) is 2. The molecule has 0 aliphatic rings. The first kappa shape index (κ1) is 12.9. The Bertz CT molecular complexity index is 120. The van der Waals surface area contributed by atoms with Gasteiger partial charge in [0.05, 0.1) is 0 Å². The standard InChI is InChI=1S/C8H17O.H2O.S.Sn/c1-2-3-4-5-6-7-8-9;;;/h2-8H2,1H3;1H2;;/q-1;;;+2/p-1. The van der Waals surface area contributed by atoms with E-state index < -0.39 is 18.6 Å². The van der Waals surface area contributed by atoms with E-state index in [0.717, 1.165) is 6.42 Å². The Morgan fingerprint density at radius 1 is 1.17 bits per heavy atom. The van der Waals surface area contributed by atoms with Crippen molar-refractivity contribution in [1.82, 2.24) is 0 Å². The molecule has 0 aliphatic heterocycles. The van der Waals surface area contributed by atoms with E-state index in [-0.39, 0.29) is 0 Å². The van der Waals surface area contributed by atoms with Crippen molar-refractivity contribution in [3.63, 3.8) is 0 Å². The van der Waals surface area contributed by atoms with Crippen LogP contribution in [0.5, 0.6) is 0 Å². The average molecular weight is 297 g/mol. The third-order valence-electron chi connectivity index (χ3n) is 1.72. The van der Waals surface area contributed by atoms with E-state index in [1.807, 2.05) is 0 Å². The van der Waals surface area contributed by atoms with Crippen molar-refractivity contribution in [2.24, 2.45) is 0 Å². The van der Waals surface area contributed by atoms with Gasteiger partial charge in [-0.1, -0.05) is 0 Å². The first-order valence-corrected chi connectivity index (χ1v) is 11.0. The van der Waals surface area contributed by atoms with Gasteiger partial charge in [0.15, 0.2) is 0 Å². The second kappa shape index (κ2) is 10.0. The number of rotatable bonds is 8. The zero-order chi connectivity index (χ0) is 9.23. The van der Waals surface area contributed by atoms with E-state index in [2.05, 4.69) is 16.2 Å². The molecule has 0 spiro atoms. The van der Waals surface area contributed by atoms with Gasteiger partial charge in [-0.05, 0) is 0 Å². The van der Waals surface area contributed by atoms with Crippen molar-refractivity contribution in [3.05, 3.63) is 0 Å². The van der Waals surface area contributed by atoms with E-state index in [1.54, 1.807) is 0 Å². The summed E-state index contributed by atoms with van der Waals surface area (Å²) in [7, 11) is 4.63. The van der Waals surface area contributed by atoms with Crippen LogP contribution in [0.3, 0.4) is 0 Å². The fraction of sp³-hybridized carbons (Fsp3) is 1.00. The number of hydrogen-bond donors (Lipinski definition) is 1. The summed E-state index contributed by atoms with van der Waals surface area (Å²) in [5.41, 5.74) is 0. The summed E-state index contributed by atoms with van der Waals surface area (Å²) in [6, 6.07) is 0. The van der Waals surface area contributed by atoms with E-state index in [1.165, 1.54) is 32.1 Å². The van der Waals surface area contributed by atoms with Gasteiger partial charge in [-0.25, -0.2) is 0 Å². The molecular formula is C8H18O2SSn. The normalized spacial score (nSPS) is 10.2. The van der Waals surface area contributed by atoms with Gasteiger partial charge in [-0.3, -0.25) is 0 Å². The van der Waals surface area contributed by atoms with Crippen LogP contribution in [0, 0.1) is 0 Å². The molecular weight excluding hydrogens is 279 g/mol. The van der Waals surface area contributed by atoms with Gasteiger partial charge in [0.1, 0.15) is 0 Å². The molecule has 0 aliphatic carbocycles. The van der Waals surface area contributed by atoms with Gasteiger partial charge in [0.25, 0.3) is 0 Å². The maximum absolute atomic E-state index is 8.78. The Morgan fingerprint density at radius 3 is 2.33 bits per heavy atom. The van der Waals surface area contributed by atoms with Crippen molar-refractivity contribution >= 4 is 27.9 Å². The monoisotopic (exact) mass is 298 g/mol. The van der Waals surface area contributed by atoms with Crippen molar-refractivity contribution < 1.29 is 6.52 Å². The van der Waals surface area contributed by atoms with Gasteiger partial charge < -0.3 is 0 Å². The molecule has 0 aromatic rings. The minimum atomic E-state index is -2.63. The van der Waals surface area contributed by atoms with Crippen molar-refractivity contribution in [2.75, 3.05) is 6.61 Å². The third kappa shape index (κ3) is 10.9. The summed E-state index contributed by atoms with van der Waals surface area (Å²) in [6.45, 7) is 2.89. The molecule has 0 amide bonds. The van der Waals surface area contributed by atoms with Gasteiger partial charge in [0.2, 0.25) is 0 Å². The summed E-state index contributed by atoms with van der Waals surface area (Å²) in [5.74, 6) is 0. The molecule has 2 nitrogen and oxygen atoms in total. The van der Waals surface area contributed by atoms with Gasteiger partial charge in [-0.2, -0.15) is 0 Å². The predicted octanol–water partition coefficient (Wildman–Crippen LogP) is 2.54. The van der Waals surface area contributed by atoms with Crippen molar-refractivity contribution in [2.45, 2.75) is 45.4 Å². The molecule has 0 unspecified atom stereocenters. The Morgan fingerprint density at radius 2 is 1.75 bits per heavy atom. The van der Waals surface area contributed by atoms with E-state index in [4.69, 9.17) is 6.52 Å². The molecule has 0 atom stereocenters. The fourth-order valence-electron chi connectivity index (χ4n) is 1.04. The molecule has 4 heteroatoms. The summed E-state index contributed by atoms with van der Waals surface area (Å²) >= 11 is -2.63. The topological polar surface area (TPSA) is 29.5 Å². The Labute approximate surface area is 86.3 Å². The molecule has 12 heavy (non-hydrogen) atoms. The van der Waals surface area contributed by atoms with Gasteiger partial charge in [0, 0.05) is 0 Å². The summed E-state index contributed by atoms with van der Waals surface area (Å²) in [4.78, 5) is 0. The van der Waals surface area contributed by atoms with E-state index >= 15 is 0 Å². The molecule has 0 aromatic carbocycles. The van der Waals surface area contributed by atoms with Crippen LogP contribution in [-0.2, 0) is 3.07 Å². The van der Waals surface area contributed by atoms with Crippen LogP contribution in [0.4, 0.5) is 0 Å². The predicted molar refractivity (Wildman–Crippen MR) is 54.9 cm³/mol. The molecule has 0 radical (unpaired) electrons. The third-order valence-corrected chi connectivity index (χ3v) is 3.80. The molecule has 72 valence electrons. The van der Waals surface area contributed by atoms with Gasteiger partial charge >= 0.3 is 86.5 Å². The van der Waals surface area contributed by atoms with Crippen LogP contribution < -0.4 is 0 Å². The Hall–Kier alpha value is 0.939. The minimum absolute atomic E-state index is 0.681. The molecule has 0 fully saturated rings. The first-order valence-electron chi connectivity index (χ1n) is 4.63. The molecule has 1 N–H and O–H groups in total. The fourth-order valence-corrected chi connectivity index (χ4v) is 2.51. The van der Waals surface area contributed by atoms with E-state index in [9.17, 15) is 0 Å². The Balaban J connectivity index is 2.86. The van der Waals surface area contributed by atoms with Crippen molar-refractivity contribution in [3.8, 4) is 0 Å².